The molecule has 0 saturated heterocycles. The highest BCUT2D eigenvalue weighted by molar-refractivity contribution is 9.10. The van der Waals surface area contributed by atoms with Crippen molar-refractivity contribution in [3.8, 4) is 5.69 Å². The van der Waals surface area contributed by atoms with E-state index in [1.54, 1.807) is 24.3 Å². The first-order valence-electron chi connectivity index (χ1n) is 7.05. The molecule has 1 amide bonds. The molecule has 0 aliphatic rings. The van der Waals surface area contributed by atoms with Gasteiger partial charge in [0.25, 0.3) is 5.91 Å². The minimum atomic E-state index is -0.406. The summed E-state index contributed by atoms with van der Waals surface area (Å²) < 4.78 is 29.0. The van der Waals surface area contributed by atoms with E-state index in [0.29, 0.717) is 11.3 Å². The minimum absolute atomic E-state index is 0.0404. The largest absolute Gasteiger partial charge is 0.347 e. The lowest BCUT2D eigenvalue weighted by Gasteiger charge is -2.10. The fourth-order valence-corrected chi connectivity index (χ4v) is 2.62. The van der Waals surface area contributed by atoms with Crippen molar-refractivity contribution < 1.29 is 13.6 Å². The first-order chi connectivity index (χ1) is 11.5. The zero-order valence-corrected chi connectivity index (χ0v) is 13.9. The van der Waals surface area contributed by atoms with Crippen LogP contribution in [0.5, 0.6) is 0 Å². The maximum Gasteiger partial charge on any atom is 0.270 e. The van der Waals surface area contributed by atoms with Crippen LogP contribution in [0.15, 0.2) is 59.5 Å². The number of amides is 1. The molecular formula is C17H12BrF2N3O. The monoisotopic (exact) mass is 391 g/mol. The molecule has 0 aliphatic heterocycles. The molecule has 0 atom stereocenters. The van der Waals surface area contributed by atoms with E-state index in [2.05, 4.69) is 26.2 Å². The lowest BCUT2D eigenvalue weighted by molar-refractivity contribution is 0.0943. The van der Waals surface area contributed by atoms with Gasteiger partial charge in [0.15, 0.2) is 0 Å². The van der Waals surface area contributed by atoms with E-state index in [1.807, 2.05) is 0 Å². The summed E-state index contributed by atoms with van der Waals surface area (Å²) in [4.78, 5) is 16.3. The van der Waals surface area contributed by atoms with Crippen molar-refractivity contribution in [1.29, 1.82) is 0 Å². The van der Waals surface area contributed by atoms with Crippen molar-refractivity contribution in [1.82, 2.24) is 14.9 Å². The first-order valence-corrected chi connectivity index (χ1v) is 7.84. The molecule has 0 bridgehead atoms. The summed E-state index contributed by atoms with van der Waals surface area (Å²) in [6.07, 6.45) is 2.86. The van der Waals surface area contributed by atoms with Gasteiger partial charge in [-0.3, -0.25) is 9.36 Å². The van der Waals surface area contributed by atoms with Crippen LogP contribution in [0.1, 0.15) is 16.1 Å². The topological polar surface area (TPSA) is 46.9 Å². The second-order valence-corrected chi connectivity index (χ2v) is 5.96. The van der Waals surface area contributed by atoms with E-state index < -0.39 is 11.7 Å². The van der Waals surface area contributed by atoms with Crippen molar-refractivity contribution in [2.24, 2.45) is 0 Å². The quantitative estimate of drug-likeness (QED) is 0.734. The molecule has 122 valence electrons. The highest BCUT2D eigenvalue weighted by Crippen LogP contribution is 2.16. The zero-order chi connectivity index (χ0) is 17.1. The van der Waals surface area contributed by atoms with E-state index in [1.165, 1.54) is 35.3 Å². The van der Waals surface area contributed by atoms with Gasteiger partial charge in [0.2, 0.25) is 0 Å². The number of aromatic nitrogens is 2. The van der Waals surface area contributed by atoms with Crippen LogP contribution in [0.25, 0.3) is 5.69 Å². The minimum Gasteiger partial charge on any atom is -0.347 e. The number of hydrogen-bond acceptors (Lipinski definition) is 2. The molecule has 1 aromatic heterocycles. The molecule has 0 radical (unpaired) electrons. The number of carbonyl (C=O) groups is 1. The molecule has 0 fully saturated rings. The maximum absolute atomic E-state index is 13.7. The summed E-state index contributed by atoms with van der Waals surface area (Å²) in [6, 6.07) is 10.2. The third kappa shape index (κ3) is 3.51. The smallest absolute Gasteiger partial charge is 0.270 e. The zero-order valence-electron chi connectivity index (χ0n) is 12.3. The fourth-order valence-electron chi connectivity index (χ4n) is 2.22. The van der Waals surface area contributed by atoms with Gasteiger partial charge >= 0.3 is 0 Å². The Hall–Kier alpha value is -2.54. The third-order valence-electron chi connectivity index (χ3n) is 3.42. The van der Waals surface area contributed by atoms with Crippen LogP contribution >= 0.6 is 15.9 Å². The summed E-state index contributed by atoms with van der Waals surface area (Å²) >= 11 is 3.27. The number of benzene rings is 2. The van der Waals surface area contributed by atoms with Gasteiger partial charge in [0, 0.05) is 22.3 Å². The van der Waals surface area contributed by atoms with Gasteiger partial charge in [-0.1, -0.05) is 15.9 Å². The van der Waals surface area contributed by atoms with Gasteiger partial charge in [-0.15, -0.1) is 0 Å². The third-order valence-corrected chi connectivity index (χ3v) is 3.92. The Labute approximate surface area is 145 Å². The Bertz CT molecular complexity index is 878. The molecule has 3 rings (SSSR count). The lowest BCUT2D eigenvalue weighted by Crippen LogP contribution is -2.25. The van der Waals surface area contributed by atoms with Crippen molar-refractivity contribution in [2.45, 2.75) is 6.54 Å². The second-order valence-electron chi connectivity index (χ2n) is 5.04. The molecule has 1 heterocycles. The van der Waals surface area contributed by atoms with Crippen LogP contribution < -0.4 is 5.32 Å². The Kier molecular flexibility index (Phi) is 4.71. The SMILES string of the molecule is O=C(NCc1cc(Br)ccc1F)c1cncn1-c1ccc(F)cc1. The molecule has 0 unspecified atom stereocenters. The highest BCUT2D eigenvalue weighted by Gasteiger charge is 2.14. The van der Waals surface area contributed by atoms with E-state index in [4.69, 9.17) is 0 Å². The molecule has 4 nitrogen and oxygen atoms in total. The second kappa shape index (κ2) is 6.92. The van der Waals surface area contributed by atoms with Crippen molar-refractivity contribution in [3.63, 3.8) is 0 Å². The molecule has 0 aliphatic carbocycles. The molecular weight excluding hydrogens is 380 g/mol. The van der Waals surface area contributed by atoms with Crippen molar-refractivity contribution >= 4 is 21.8 Å². The molecule has 3 aromatic rings. The Morgan fingerprint density at radius 1 is 1.17 bits per heavy atom. The van der Waals surface area contributed by atoms with Gasteiger partial charge in [-0.2, -0.15) is 0 Å². The number of imidazole rings is 1. The lowest BCUT2D eigenvalue weighted by atomic mass is 10.2. The van der Waals surface area contributed by atoms with E-state index >= 15 is 0 Å². The predicted molar refractivity (Wildman–Crippen MR) is 88.8 cm³/mol. The Balaban J connectivity index is 1.78. The number of nitrogens with one attached hydrogen (secondary N) is 1. The molecule has 24 heavy (non-hydrogen) atoms. The Morgan fingerprint density at radius 3 is 2.67 bits per heavy atom. The molecule has 0 spiro atoms. The molecule has 2 aromatic carbocycles. The number of hydrogen-bond donors (Lipinski definition) is 1. The van der Waals surface area contributed by atoms with Crippen LogP contribution in [0.3, 0.4) is 0 Å². The van der Waals surface area contributed by atoms with Gasteiger partial charge in [0.1, 0.15) is 17.3 Å². The van der Waals surface area contributed by atoms with Crippen molar-refractivity contribution in [2.75, 3.05) is 0 Å². The number of carbonyl (C=O) groups excluding carboxylic acids is 1. The fraction of sp³-hybridized carbons (Fsp3) is 0.0588. The number of halogens is 3. The van der Waals surface area contributed by atoms with E-state index in [9.17, 15) is 13.6 Å². The summed E-state index contributed by atoms with van der Waals surface area (Å²) in [7, 11) is 0. The van der Waals surface area contributed by atoms with E-state index in [-0.39, 0.29) is 18.1 Å². The van der Waals surface area contributed by atoms with Gasteiger partial charge < -0.3 is 5.32 Å². The van der Waals surface area contributed by atoms with Gasteiger partial charge in [-0.05, 0) is 42.5 Å². The van der Waals surface area contributed by atoms with E-state index in [0.717, 1.165) is 4.47 Å². The van der Waals surface area contributed by atoms with Gasteiger partial charge in [-0.25, -0.2) is 13.8 Å². The van der Waals surface area contributed by atoms with Crippen LogP contribution in [0.4, 0.5) is 8.78 Å². The van der Waals surface area contributed by atoms with Crippen LogP contribution in [-0.4, -0.2) is 15.5 Å². The average molecular weight is 392 g/mol. The molecule has 0 saturated carbocycles. The predicted octanol–water partition coefficient (Wildman–Crippen LogP) is 3.84. The summed E-state index contributed by atoms with van der Waals surface area (Å²) in [5.74, 6) is -1.17. The molecule has 1 N–H and O–H groups in total. The van der Waals surface area contributed by atoms with Gasteiger partial charge in [0.05, 0.1) is 12.5 Å². The van der Waals surface area contributed by atoms with Crippen LogP contribution in [-0.2, 0) is 6.54 Å². The number of nitrogens with zero attached hydrogens (tertiary/aromatic N) is 2. The Morgan fingerprint density at radius 2 is 1.92 bits per heavy atom. The summed E-state index contributed by atoms with van der Waals surface area (Å²) in [5.41, 5.74) is 1.25. The highest BCUT2D eigenvalue weighted by atomic mass is 79.9. The van der Waals surface area contributed by atoms with Crippen molar-refractivity contribution in [3.05, 3.63) is 82.4 Å². The standard InChI is InChI=1S/C17H12BrF2N3O/c18-12-1-6-15(20)11(7-12)8-22-17(24)16-9-21-10-23(16)14-4-2-13(19)3-5-14/h1-7,9-10H,8H2,(H,22,24). The van der Waals surface area contributed by atoms with Crippen LogP contribution in [0, 0.1) is 11.6 Å². The van der Waals surface area contributed by atoms with Crippen LogP contribution in [0.2, 0.25) is 0 Å². The number of rotatable bonds is 4. The average Bonchev–Trinajstić information content (AvgIpc) is 3.06. The molecule has 7 heteroatoms. The summed E-state index contributed by atoms with van der Waals surface area (Å²) in [6.45, 7) is 0.0404. The normalized spacial score (nSPS) is 10.6. The maximum atomic E-state index is 13.7. The first kappa shape index (κ1) is 16.3. The summed E-state index contributed by atoms with van der Waals surface area (Å²) in [5, 5.41) is 2.66.